The summed E-state index contributed by atoms with van der Waals surface area (Å²) in [5.74, 6) is -1.89. The second kappa shape index (κ2) is 19.4. The Kier molecular flexibility index (Phi) is 14.7. The van der Waals surface area contributed by atoms with Crippen LogP contribution in [0.2, 0.25) is 0 Å². The molecule has 0 spiro atoms. The molecule has 0 aliphatic rings. The number of amides is 3. The average Bonchev–Trinajstić information content (AvgIpc) is 3.15. The van der Waals surface area contributed by atoms with Crippen LogP contribution in [-0.2, 0) is 25.6 Å². The predicted octanol–water partition coefficient (Wildman–Crippen LogP) is 6.42. The third kappa shape index (κ3) is 10.8. The molecule has 3 amide bonds. The lowest BCUT2D eigenvalue weighted by Gasteiger charge is -2.28. The van der Waals surface area contributed by atoms with Gasteiger partial charge in [0.25, 0.3) is 0 Å². The van der Waals surface area contributed by atoms with Gasteiger partial charge in [-0.3, -0.25) is 19.2 Å². The second-order valence-electron chi connectivity index (χ2n) is 13.1. The van der Waals surface area contributed by atoms with Gasteiger partial charge in [-0.15, -0.1) is 0 Å². The maximum atomic E-state index is 14.2. The first-order valence-electron chi connectivity index (χ1n) is 17.9. The van der Waals surface area contributed by atoms with Gasteiger partial charge < -0.3 is 21.7 Å². The molecule has 0 aliphatic heterocycles. The van der Waals surface area contributed by atoms with E-state index in [9.17, 15) is 19.2 Å². The summed E-state index contributed by atoms with van der Waals surface area (Å²) in [5.41, 5.74) is 8.57. The molecule has 0 unspecified atom stereocenters. The molecule has 0 saturated carbocycles. The Morgan fingerprint density at radius 2 is 1.32 bits per heavy atom. The summed E-state index contributed by atoms with van der Waals surface area (Å²) in [6, 6.07) is 31.4. The van der Waals surface area contributed by atoms with Crippen molar-refractivity contribution >= 4 is 34.3 Å². The monoisotopic (exact) mass is 676 g/mol. The second-order valence-corrected chi connectivity index (χ2v) is 13.1. The molecule has 8 heteroatoms. The van der Waals surface area contributed by atoms with Crippen LogP contribution < -0.4 is 21.7 Å². The Morgan fingerprint density at radius 3 is 1.92 bits per heavy atom. The molecule has 0 fully saturated rings. The maximum Gasteiger partial charge on any atom is 0.243 e. The number of carbonyl (C=O) groups excluding carboxylic acids is 4. The van der Waals surface area contributed by atoms with Gasteiger partial charge in [-0.05, 0) is 52.8 Å². The van der Waals surface area contributed by atoms with Crippen molar-refractivity contribution in [3.63, 3.8) is 0 Å². The van der Waals surface area contributed by atoms with Crippen LogP contribution in [-0.4, -0.2) is 42.1 Å². The van der Waals surface area contributed by atoms with Gasteiger partial charge >= 0.3 is 0 Å². The van der Waals surface area contributed by atoms with Crippen LogP contribution >= 0.6 is 0 Å². The van der Waals surface area contributed by atoms with E-state index < -0.39 is 23.9 Å². The molecule has 8 nitrogen and oxygen atoms in total. The quantitative estimate of drug-likeness (QED) is 0.0853. The van der Waals surface area contributed by atoms with Gasteiger partial charge in [-0.2, -0.15) is 0 Å². The van der Waals surface area contributed by atoms with E-state index in [2.05, 4.69) is 16.0 Å². The fraction of sp³-hybridized carbons (Fsp3) is 0.381. The normalized spacial score (nSPS) is 13.6. The average molecular weight is 677 g/mol. The Balaban J connectivity index is 1.55. The van der Waals surface area contributed by atoms with E-state index >= 15 is 0 Å². The summed E-state index contributed by atoms with van der Waals surface area (Å²) in [6.45, 7) is 6.13. The highest BCUT2D eigenvalue weighted by molar-refractivity contribution is 5.95. The molecule has 4 atom stereocenters. The van der Waals surface area contributed by atoms with Crippen molar-refractivity contribution in [2.24, 2.45) is 17.6 Å². The van der Waals surface area contributed by atoms with Crippen molar-refractivity contribution in [2.45, 2.75) is 83.8 Å². The molecule has 0 aliphatic carbocycles. The fourth-order valence-corrected chi connectivity index (χ4v) is 6.28. The first kappa shape index (κ1) is 38.0. The minimum Gasteiger partial charge on any atom is -0.345 e. The highest BCUT2D eigenvalue weighted by atomic mass is 16.2. The molecule has 5 N–H and O–H groups in total. The van der Waals surface area contributed by atoms with Gasteiger partial charge in [0.15, 0.2) is 5.78 Å². The van der Waals surface area contributed by atoms with Gasteiger partial charge in [-0.1, -0.05) is 137 Å². The van der Waals surface area contributed by atoms with Crippen LogP contribution in [0.1, 0.15) is 82.0 Å². The molecule has 4 aromatic carbocycles. The number of carbonyl (C=O) groups is 4. The van der Waals surface area contributed by atoms with Crippen LogP contribution in [0.5, 0.6) is 0 Å². The molecule has 264 valence electrons. The number of ketones is 1. The molecular formula is C42H52N4O4. The number of unbranched alkanes of at least 4 members (excludes halogenated alkanes) is 1. The van der Waals surface area contributed by atoms with E-state index in [0.29, 0.717) is 25.8 Å². The zero-order valence-electron chi connectivity index (χ0n) is 29.6. The Labute approximate surface area is 296 Å². The SMILES string of the molecule is CCC(=O)N[C@@H](Cc1ccc2ccccc2c1)C(=O)N[C@H](C(=O)C[C@@H](CCCCN)C(=O)NC(c1ccccc1)c1ccccc1)[C@@H](C)CC. The molecule has 0 heterocycles. The van der Waals surface area contributed by atoms with Crippen LogP contribution in [0, 0.1) is 11.8 Å². The van der Waals surface area contributed by atoms with Crippen LogP contribution in [0.3, 0.4) is 0 Å². The summed E-state index contributed by atoms with van der Waals surface area (Å²) >= 11 is 0. The van der Waals surface area contributed by atoms with Crippen LogP contribution in [0.25, 0.3) is 10.8 Å². The number of nitrogens with one attached hydrogen (secondary N) is 3. The van der Waals surface area contributed by atoms with E-state index in [-0.39, 0.29) is 48.8 Å². The molecule has 0 radical (unpaired) electrons. The summed E-state index contributed by atoms with van der Waals surface area (Å²) in [6.07, 6.45) is 3.03. The topological polar surface area (TPSA) is 130 Å². The van der Waals surface area contributed by atoms with E-state index in [0.717, 1.165) is 33.9 Å². The standard InChI is InChI=1S/C42H52N4O4/c1-4-29(3)39(45-42(50)36(44-38(48)5-2)27-30-23-24-31-16-12-13-21-34(31)26-30)37(47)28-35(22-14-15-25-43)41(49)46-40(32-17-8-6-9-18-32)33-19-10-7-11-20-33/h6-13,16-21,23-24,26,29,35-36,39-40H,4-5,14-15,22,25,27-28,43H2,1-3H3,(H,44,48)(H,45,50)(H,46,49)/t29-,35+,36-,39-/m0/s1. The lowest BCUT2D eigenvalue weighted by Crippen LogP contribution is -2.54. The molecule has 4 rings (SSSR count). The van der Waals surface area contributed by atoms with E-state index in [1.165, 1.54) is 0 Å². The smallest absolute Gasteiger partial charge is 0.243 e. The van der Waals surface area contributed by atoms with Crippen molar-refractivity contribution < 1.29 is 19.2 Å². The highest BCUT2D eigenvalue weighted by Gasteiger charge is 2.33. The summed E-state index contributed by atoms with van der Waals surface area (Å²) in [4.78, 5) is 54.7. The first-order chi connectivity index (χ1) is 24.2. The number of hydrogen-bond acceptors (Lipinski definition) is 5. The Morgan fingerprint density at radius 1 is 0.700 bits per heavy atom. The van der Waals surface area contributed by atoms with Crippen molar-refractivity contribution in [3.05, 3.63) is 120 Å². The van der Waals surface area contributed by atoms with Crippen LogP contribution in [0.15, 0.2) is 103 Å². The van der Waals surface area contributed by atoms with Crippen LogP contribution in [0.4, 0.5) is 0 Å². The Bertz CT molecular complexity index is 1650. The summed E-state index contributed by atoms with van der Waals surface area (Å²) < 4.78 is 0. The highest BCUT2D eigenvalue weighted by Crippen LogP contribution is 2.25. The largest absolute Gasteiger partial charge is 0.345 e. The summed E-state index contributed by atoms with van der Waals surface area (Å²) in [5, 5.41) is 11.2. The van der Waals surface area contributed by atoms with Gasteiger partial charge in [0.1, 0.15) is 6.04 Å². The van der Waals surface area contributed by atoms with Gasteiger partial charge in [0.2, 0.25) is 17.7 Å². The molecule has 50 heavy (non-hydrogen) atoms. The van der Waals surface area contributed by atoms with E-state index in [1.807, 2.05) is 117 Å². The van der Waals surface area contributed by atoms with Crippen molar-refractivity contribution in [1.29, 1.82) is 0 Å². The minimum absolute atomic E-state index is 0.0291. The number of fused-ring (bicyclic) bond motifs is 1. The molecular weight excluding hydrogens is 624 g/mol. The van der Waals surface area contributed by atoms with Crippen molar-refractivity contribution in [2.75, 3.05) is 6.54 Å². The minimum atomic E-state index is -0.871. The van der Waals surface area contributed by atoms with Gasteiger partial charge in [-0.25, -0.2) is 0 Å². The van der Waals surface area contributed by atoms with Crippen molar-refractivity contribution in [1.82, 2.24) is 16.0 Å². The third-order valence-electron chi connectivity index (χ3n) is 9.46. The molecule has 0 saturated heterocycles. The summed E-state index contributed by atoms with van der Waals surface area (Å²) in [7, 11) is 0. The fourth-order valence-electron chi connectivity index (χ4n) is 6.28. The van der Waals surface area contributed by atoms with Crippen molar-refractivity contribution in [3.8, 4) is 0 Å². The lowest BCUT2D eigenvalue weighted by atomic mass is 9.87. The zero-order valence-corrected chi connectivity index (χ0v) is 29.6. The number of benzene rings is 4. The predicted molar refractivity (Wildman–Crippen MR) is 200 cm³/mol. The number of Topliss-reactive ketones (excluding diaryl/α,β-unsaturated/α-hetero) is 1. The number of hydrogen-bond donors (Lipinski definition) is 4. The molecule has 0 bridgehead atoms. The van der Waals surface area contributed by atoms with Gasteiger partial charge in [0.05, 0.1) is 12.1 Å². The number of nitrogens with two attached hydrogens (primary N) is 1. The zero-order chi connectivity index (χ0) is 35.9. The number of rotatable bonds is 19. The Hall–Kier alpha value is -4.82. The maximum absolute atomic E-state index is 14.2. The third-order valence-corrected chi connectivity index (χ3v) is 9.46. The lowest BCUT2D eigenvalue weighted by molar-refractivity contribution is -0.134. The molecule has 0 aromatic heterocycles. The molecule has 4 aromatic rings. The van der Waals surface area contributed by atoms with E-state index in [4.69, 9.17) is 5.73 Å². The van der Waals surface area contributed by atoms with E-state index in [1.54, 1.807) is 6.92 Å². The van der Waals surface area contributed by atoms with Gasteiger partial charge in [0, 0.05) is 25.2 Å². The first-order valence-corrected chi connectivity index (χ1v) is 17.9.